The van der Waals surface area contributed by atoms with Gasteiger partial charge in [-0.05, 0) is 30.5 Å². The zero-order chi connectivity index (χ0) is 14.6. The maximum Gasteiger partial charge on any atom is 0.335 e. The fraction of sp³-hybridized carbons (Fsp3) is 0.462. The molecule has 0 heterocycles. The van der Waals surface area contributed by atoms with Crippen LogP contribution >= 0.6 is 0 Å². The summed E-state index contributed by atoms with van der Waals surface area (Å²) in [4.78, 5) is 10.9. The van der Waals surface area contributed by atoms with E-state index < -0.39 is 15.8 Å². The van der Waals surface area contributed by atoms with E-state index in [0.717, 1.165) is 6.07 Å². The van der Waals surface area contributed by atoms with Crippen molar-refractivity contribution in [3.8, 4) is 5.75 Å². The third kappa shape index (κ3) is 3.96. The molecule has 0 aliphatic carbocycles. The maximum atomic E-state index is 12.2. The standard InChI is InChI=1S/C13H18O5S/c1-9(2)6-7-19(16,17)12-8-10(13(14)15)4-5-11(12)18-3/h4-5,8-9H,6-7H2,1-3H3,(H,14,15). The summed E-state index contributed by atoms with van der Waals surface area (Å²) in [5.74, 6) is -0.760. The molecule has 0 fully saturated rings. The summed E-state index contributed by atoms with van der Waals surface area (Å²) < 4.78 is 29.4. The normalized spacial score (nSPS) is 11.6. The highest BCUT2D eigenvalue weighted by Crippen LogP contribution is 2.27. The number of methoxy groups -OCH3 is 1. The summed E-state index contributed by atoms with van der Waals surface area (Å²) in [5.41, 5.74) is -0.0658. The van der Waals surface area contributed by atoms with Crippen LogP contribution in [0.25, 0.3) is 0 Å². The lowest BCUT2D eigenvalue weighted by molar-refractivity contribution is 0.0696. The van der Waals surface area contributed by atoms with Gasteiger partial charge in [0.05, 0.1) is 18.4 Å². The minimum atomic E-state index is -3.54. The maximum absolute atomic E-state index is 12.2. The first-order valence-corrected chi connectivity index (χ1v) is 7.57. The van der Waals surface area contributed by atoms with Gasteiger partial charge in [-0.25, -0.2) is 13.2 Å². The topological polar surface area (TPSA) is 80.7 Å². The molecule has 1 aromatic carbocycles. The van der Waals surface area contributed by atoms with Crippen LogP contribution in [0.1, 0.15) is 30.6 Å². The molecular formula is C13H18O5S. The molecule has 0 amide bonds. The average molecular weight is 286 g/mol. The Labute approximate surface area is 113 Å². The van der Waals surface area contributed by atoms with Gasteiger partial charge in [0.25, 0.3) is 0 Å². The number of hydrogen-bond donors (Lipinski definition) is 1. The highest BCUT2D eigenvalue weighted by atomic mass is 32.2. The van der Waals surface area contributed by atoms with Gasteiger partial charge >= 0.3 is 5.97 Å². The predicted molar refractivity (Wildman–Crippen MR) is 71.5 cm³/mol. The van der Waals surface area contributed by atoms with E-state index in [-0.39, 0.29) is 27.9 Å². The lowest BCUT2D eigenvalue weighted by Gasteiger charge is -2.11. The number of carboxylic acids is 1. The summed E-state index contributed by atoms with van der Waals surface area (Å²) in [7, 11) is -2.18. The second-order valence-corrected chi connectivity index (χ2v) is 6.75. The zero-order valence-electron chi connectivity index (χ0n) is 11.2. The van der Waals surface area contributed by atoms with E-state index in [9.17, 15) is 13.2 Å². The number of ether oxygens (including phenoxy) is 1. The molecule has 0 aliphatic rings. The fourth-order valence-corrected chi connectivity index (χ4v) is 3.32. The van der Waals surface area contributed by atoms with Gasteiger partial charge < -0.3 is 9.84 Å². The van der Waals surface area contributed by atoms with E-state index >= 15 is 0 Å². The lowest BCUT2D eigenvalue weighted by Crippen LogP contribution is -2.11. The molecule has 0 aliphatic heterocycles. The molecule has 0 spiro atoms. The first-order valence-electron chi connectivity index (χ1n) is 5.92. The molecule has 1 rings (SSSR count). The van der Waals surface area contributed by atoms with Crippen LogP contribution < -0.4 is 4.74 Å². The number of carboxylic acid groups (broad SMARTS) is 1. The van der Waals surface area contributed by atoms with E-state index in [1.807, 2.05) is 13.8 Å². The molecule has 0 unspecified atom stereocenters. The van der Waals surface area contributed by atoms with Crippen LogP contribution in [0.5, 0.6) is 5.75 Å². The smallest absolute Gasteiger partial charge is 0.335 e. The van der Waals surface area contributed by atoms with Gasteiger partial charge in [0.2, 0.25) is 0 Å². The number of rotatable bonds is 6. The Bertz CT molecular complexity index is 560. The van der Waals surface area contributed by atoms with Crippen molar-refractivity contribution < 1.29 is 23.1 Å². The van der Waals surface area contributed by atoms with Crippen molar-refractivity contribution in [1.29, 1.82) is 0 Å². The Kier molecular flexibility index (Phi) is 4.94. The van der Waals surface area contributed by atoms with E-state index in [1.54, 1.807) is 0 Å². The molecule has 0 atom stereocenters. The molecule has 5 nitrogen and oxygen atoms in total. The number of hydrogen-bond acceptors (Lipinski definition) is 4. The highest BCUT2D eigenvalue weighted by Gasteiger charge is 2.21. The van der Waals surface area contributed by atoms with E-state index in [0.29, 0.717) is 6.42 Å². The van der Waals surface area contributed by atoms with Gasteiger partial charge in [0.15, 0.2) is 9.84 Å². The van der Waals surface area contributed by atoms with E-state index in [4.69, 9.17) is 9.84 Å². The monoisotopic (exact) mass is 286 g/mol. The molecular weight excluding hydrogens is 268 g/mol. The van der Waals surface area contributed by atoms with Crippen molar-refractivity contribution in [2.24, 2.45) is 5.92 Å². The second kappa shape index (κ2) is 6.06. The van der Waals surface area contributed by atoms with Crippen LogP contribution in [0.2, 0.25) is 0 Å². The predicted octanol–water partition coefficient (Wildman–Crippen LogP) is 2.21. The van der Waals surface area contributed by atoms with Gasteiger partial charge in [0.1, 0.15) is 10.6 Å². The molecule has 0 radical (unpaired) electrons. The second-order valence-electron chi connectivity index (χ2n) is 4.67. The van der Waals surface area contributed by atoms with Gasteiger partial charge in [-0.1, -0.05) is 13.8 Å². The lowest BCUT2D eigenvalue weighted by atomic mass is 10.2. The third-order valence-electron chi connectivity index (χ3n) is 2.71. The Balaban J connectivity index is 3.22. The molecule has 6 heteroatoms. The Morgan fingerprint density at radius 2 is 2.00 bits per heavy atom. The van der Waals surface area contributed by atoms with Crippen molar-refractivity contribution in [3.05, 3.63) is 23.8 Å². The summed E-state index contributed by atoms with van der Waals surface area (Å²) in [6.07, 6.45) is 0.517. The third-order valence-corrected chi connectivity index (χ3v) is 4.47. The minimum Gasteiger partial charge on any atom is -0.495 e. The SMILES string of the molecule is COc1ccc(C(=O)O)cc1S(=O)(=O)CCC(C)C. The number of aromatic carboxylic acids is 1. The average Bonchev–Trinajstić information content (AvgIpc) is 2.35. The first-order chi connectivity index (χ1) is 8.77. The molecule has 106 valence electrons. The molecule has 0 bridgehead atoms. The van der Waals surface area contributed by atoms with Gasteiger partial charge in [-0.3, -0.25) is 0 Å². The molecule has 0 saturated heterocycles. The van der Waals surface area contributed by atoms with Crippen molar-refractivity contribution in [2.75, 3.05) is 12.9 Å². The van der Waals surface area contributed by atoms with Gasteiger partial charge in [0, 0.05) is 0 Å². The van der Waals surface area contributed by atoms with Crippen LogP contribution in [0.15, 0.2) is 23.1 Å². The van der Waals surface area contributed by atoms with Crippen LogP contribution in [0.4, 0.5) is 0 Å². The highest BCUT2D eigenvalue weighted by molar-refractivity contribution is 7.91. The largest absolute Gasteiger partial charge is 0.495 e. The van der Waals surface area contributed by atoms with Crippen molar-refractivity contribution >= 4 is 15.8 Å². The van der Waals surface area contributed by atoms with Crippen LogP contribution in [0, 0.1) is 5.92 Å². The zero-order valence-corrected chi connectivity index (χ0v) is 12.0. The van der Waals surface area contributed by atoms with Crippen LogP contribution in [0.3, 0.4) is 0 Å². The van der Waals surface area contributed by atoms with Crippen molar-refractivity contribution in [2.45, 2.75) is 25.2 Å². The van der Waals surface area contributed by atoms with Gasteiger partial charge in [-0.2, -0.15) is 0 Å². The van der Waals surface area contributed by atoms with E-state index in [2.05, 4.69) is 0 Å². The first kappa shape index (κ1) is 15.5. The summed E-state index contributed by atoms with van der Waals surface area (Å²) in [6, 6.07) is 3.84. The van der Waals surface area contributed by atoms with Crippen LogP contribution in [-0.4, -0.2) is 32.4 Å². The molecule has 0 aromatic heterocycles. The van der Waals surface area contributed by atoms with Crippen LogP contribution in [-0.2, 0) is 9.84 Å². The number of sulfone groups is 1. The van der Waals surface area contributed by atoms with Crippen molar-refractivity contribution in [3.63, 3.8) is 0 Å². The fourth-order valence-electron chi connectivity index (χ4n) is 1.55. The molecule has 1 N–H and O–H groups in total. The number of benzene rings is 1. The minimum absolute atomic E-state index is 0.0237. The number of carbonyl (C=O) groups is 1. The van der Waals surface area contributed by atoms with Gasteiger partial charge in [-0.15, -0.1) is 0 Å². The Morgan fingerprint density at radius 3 is 2.47 bits per heavy atom. The molecule has 0 saturated carbocycles. The Morgan fingerprint density at radius 1 is 1.37 bits per heavy atom. The summed E-state index contributed by atoms with van der Waals surface area (Å²) in [6.45, 7) is 3.86. The quantitative estimate of drug-likeness (QED) is 0.867. The molecule has 1 aromatic rings. The van der Waals surface area contributed by atoms with Crippen molar-refractivity contribution in [1.82, 2.24) is 0 Å². The summed E-state index contributed by atoms with van der Waals surface area (Å²) in [5, 5.41) is 8.92. The molecule has 19 heavy (non-hydrogen) atoms. The Hall–Kier alpha value is -1.56. The van der Waals surface area contributed by atoms with E-state index in [1.165, 1.54) is 19.2 Å². The summed E-state index contributed by atoms with van der Waals surface area (Å²) >= 11 is 0.